The van der Waals surface area contributed by atoms with E-state index in [-0.39, 0.29) is 18.6 Å². The molecule has 4 heteroatoms. The van der Waals surface area contributed by atoms with E-state index in [2.05, 4.69) is 24.5 Å². The van der Waals surface area contributed by atoms with Gasteiger partial charge < -0.3 is 15.4 Å². The summed E-state index contributed by atoms with van der Waals surface area (Å²) in [6, 6.07) is 0.575. The Kier molecular flexibility index (Phi) is 5.05. The average molecular weight is 214 g/mol. The Morgan fingerprint density at radius 2 is 2.27 bits per heavy atom. The molecule has 1 rings (SSSR count). The zero-order chi connectivity index (χ0) is 11.3. The van der Waals surface area contributed by atoms with E-state index in [4.69, 9.17) is 4.74 Å². The van der Waals surface area contributed by atoms with Gasteiger partial charge in [-0.25, -0.2) is 0 Å². The Morgan fingerprint density at radius 1 is 1.53 bits per heavy atom. The number of piperidine rings is 1. The van der Waals surface area contributed by atoms with Crippen LogP contribution in [0, 0.1) is 5.92 Å². The molecule has 0 aliphatic carbocycles. The van der Waals surface area contributed by atoms with Crippen LogP contribution in [0.4, 0.5) is 0 Å². The highest BCUT2D eigenvalue weighted by atomic mass is 16.5. The monoisotopic (exact) mass is 214 g/mol. The first-order chi connectivity index (χ1) is 7.15. The summed E-state index contributed by atoms with van der Waals surface area (Å²) in [4.78, 5) is 11.5. The maximum Gasteiger partial charge on any atom is 0.246 e. The molecule has 1 heterocycles. The summed E-state index contributed by atoms with van der Waals surface area (Å²) in [6.07, 6.45) is 1.12. The first-order valence-corrected chi connectivity index (χ1v) is 5.75. The number of ether oxygens (including phenoxy) is 1. The summed E-state index contributed by atoms with van der Waals surface area (Å²) < 4.78 is 5.07. The molecule has 0 aromatic rings. The summed E-state index contributed by atoms with van der Waals surface area (Å²) >= 11 is 0. The molecule has 15 heavy (non-hydrogen) atoms. The highest BCUT2D eigenvalue weighted by molar-refractivity contribution is 5.77. The molecule has 0 saturated carbocycles. The first kappa shape index (κ1) is 12.5. The maximum absolute atomic E-state index is 11.5. The van der Waals surface area contributed by atoms with Crippen LogP contribution in [-0.2, 0) is 9.53 Å². The molecular formula is C11H22N2O2. The molecule has 0 aromatic heterocycles. The highest BCUT2D eigenvalue weighted by Crippen LogP contribution is 2.15. The van der Waals surface area contributed by atoms with Crippen LogP contribution in [0.2, 0.25) is 0 Å². The molecule has 0 aromatic carbocycles. The fourth-order valence-electron chi connectivity index (χ4n) is 2.03. The summed E-state index contributed by atoms with van der Waals surface area (Å²) in [5.41, 5.74) is 0. The van der Waals surface area contributed by atoms with E-state index in [1.54, 1.807) is 0 Å². The van der Waals surface area contributed by atoms with Crippen molar-refractivity contribution in [1.29, 1.82) is 0 Å². The predicted molar refractivity (Wildman–Crippen MR) is 59.7 cm³/mol. The molecule has 88 valence electrons. The van der Waals surface area contributed by atoms with Gasteiger partial charge in [0.25, 0.3) is 0 Å². The van der Waals surface area contributed by atoms with Crippen molar-refractivity contribution < 1.29 is 9.53 Å². The van der Waals surface area contributed by atoms with Crippen molar-refractivity contribution in [3.05, 3.63) is 0 Å². The third kappa shape index (κ3) is 3.80. The van der Waals surface area contributed by atoms with Crippen molar-refractivity contribution in [1.82, 2.24) is 10.6 Å². The summed E-state index contributed by atoms with van der Waals surface area (Å²) in [5, 5.41) is 6.40. The van der Waals surface area contributed by atoms with Crippen LogP contribution >= 0.6 is 0 Å². The Hall–Kier alpha value is -0.610. The fourth-order valence-corrected chi connectivity index (χ4v) is 2.03. The van der Waals surface area contributed by atoms with Gasteiger partial charge in [-0.3, -0.25) is 4.79 Å². The lowest BCUT2D eigenvalue weighted by Gasteiger charge is -2.35. The second kappa shape index (κ2) is 6.08. The zero-order valence-corrected chi connectivity index (χ0v) is 9.88. The molecule has 1 saturated heterocycles. The third-order valence-corrected chi connectivity index (χ3v) is 2.98. The topological polar surface area (TPSA) is 50.4 Å². The van der Waals surface area contributed by atoms with Crippen LogP contribution in [0.1, 0.15) is 27.2 Å². The van der Waals surface area contributed by atoms with E-state index < -0.39 is 0 Å². The van der Waals surface area contributed by atoms with Gasteiger partial charge in [0.1, 0.15) is 6.61 Å². The maximum atomic E-state index is 11.5. The van der Waals surface area contributed by atoms with Crippen molar-refractivity contribution >= 4 is 5.91 Å². The minimum Gasteiger partial charge on any atom is -0.372 e. The second-order valence-corrected chi connectivity index (χ2v) is 4.24. The highest BCUT2D eigenvalue weighted by Gasteiger charge is 2.28. The van der Waals surface area contributed by atoms with Crippen LogP contribution < -0.4 is 10.6 Å². The average Bonchev–Trinajstić information content (AvgIpc) is 2.21. The van der Waals surface area contributed by atoms with Gasteiger partial charge in [0.2, 0.25) is 5.91 Å². The van der Waals surface area contributed by atoms with E-state index in [1.807, 2.05) is 6.92 Å². The van der Waals surface area contributed by atoms with Crippen molar-refractivity contribution in [2.24, 2.45) is 5.92 Å². The minimum absolute atomic E-state index is 0.00995. The normalized spacial score (nSPS) is 31.3. The minimum atomic E-state index is -0.00995. The second-order valence-electron chi connectivity index (χ2n) is 4.24. The fraction of sp³-hybridized carbons (Fsp3) is 0.909. The lowest BCUT2D eigenvalue weighted by molar-refractivity contribution is -0.127. The van der Waals surface area contributed by atoms with Crippen LogP contribution in [0.25, 0.3) is 0 Å². The molecule has 1 aliphatic heterocycles. The number of rotatable bonds is 4. The number of carbonyl (C=O) groups is 1. The van der Waals surface area contributed by atoms with Gasteiger partial charge in [-0.2, -0.15) is 0 Å². The van der Waals surface area contributed by atoms with E-state index in [0.717, 1.165) is 13.0 Å². The van der Waals surface area contributed by atoms with Crippen LogP contribution in [0.3, 0.4) is 0 Å². The van der Waals surface area contributed by atoms with E-state index in [1.165, 1.54) is 0 Å². The van der Waals surface area contributed by atoms with Crippen molar-refractivity contribution in [3.63, 3.8) is 0 Å². The van der Waals surface area contributed by atoms with E-state index >= 15 is 0 Å². The van der Waals surface area contributed by atoms with Gasteiger partial charge in [-0.15, -0.1) is 0 Å². The van der Waals surface area contributed by atoms with Crippen molar-refractivity contribution in [3.8, 4) is 0 Å². The number of hydrogen-bond donors (Lipinski definition) is 2. The van der Waals surface area contributed by atoms with Crippen LogP contribution in [0.5, 0.6) is 0 Å². The third-order valence-electron chi connectivity index (χ3n) is 2.98. The Bertz CT molecular complexity index is 199. The van der Waals surface area contributed by atoms with Crippen LogP contribution in [-0.4, -0.2) is 37.7 Å². The van der Waals surface area contributed by atoms with Gasteiger partial charge >= 0.3 is 0 Å². The predicted octanol–water partition coefficient (Wildman–Crippen LogP) is 0.526. The molecule has 1 fully saturated rings. The smallest absolute Gasteiger partial charge is 0.246 e. The number of amides is 1. The van der Waals surface area contributed by atoms with Gasteiger partial charge in [0, 0.05) is 18.7 Å². The molecule has 2 N–H and O–H groups in total. The van der Waals surface area contributed by atoms with E-state index in [9.17, 15) is 4.79 Å². The zero-order valence-electron chi connectivity index (χ0n) is 9.88. The lowest BCUT2D eigenvalue weighted by Crippen LogP contribution is -2.56. The van der Waals surface area contributed by atoms with Gasteiger partial charge in [0.15, 0.2) is 0 Å². The Balaban J connectivity index is 2.37. The summed E-state index contributed by atoms with van der Waals surface area (Å²) in [7, 11) is 0. The molecule has 3 unspecified atom stereocenters. The number of nitrogens with one attached hydrogen (secondary N) is 2. The van der Waals surface area contributed by atoms with Gasteiger partial charge in [-0.1, -0.05) is 6.92 Å². The molecule has 1 amide bonds. The molecule has 0 bridgehead atoms. The van der Waals surface area contributed by atoms with Crippen molar-refractivity contribution in [2.75, 3.05) is 19.8 Å². The molecule has 0 spiro atoms. The number of hydrogen-bond acceptors (Lipinski definition) is 3. The SMILES string of the molecule is CCOCC(=O)NC1C(C)CCNC1C. The Labute approximate surface area is 91.8 Å². The van der Waals surface area contributed by atoms with Crippen LogP contribution in [0.15, 0.2) is 0 Å². The van der Waals surface area contributed by atoms with Crippen molar-refractivity contribution in [2.45, 2.75) is 39.3 Å². The first-order valence-electron chi connectivity index (χ1n) is 5.75. The molecular weight excluding hydrogens is 192 g/mol. The number of carbonyl (C=O) groups excluding carboxylic acids is 1. The largest absolute Gasteiger partial charge is 0.372 e. The molecule has 0 radical (unpaired) electrons. The molecule has 1 aliphatic rings. The summed E-state index contributed by atoms with van der Waals surface area (Å²) in [6.45, 7) is 7.99. The van der Waals surface area contributed by atoms with Gasteiger partial charge in [0.05, 0.1) is 0 Å². The quantitative estimate of drug-likeness (QED) is 0.717. The standard InChI is InChI=1S/C11H22N2O2/c1-4-15-7-10(14)13-11-8(2)5-6-12-9(11)3/h8-9,11-12H,4-7H2,1-3H3,(H,13,14). The molecule has 3 atom stereocenters. The molecule has 4 nitrogen and oxygen atoms in total. The summed E-state index contributed by atoms with van der Waals surface area (Å²) in [5.74, 6) is 0.524. The van der Waals surface area contributed by atoms with E-state index in [0.29, 0.717) is 18.6 Å². The lowest BCUT2D eigenvalue weighted by atomic mass is 9.89. The van der Waals surface area contributed by atoms with Gasteiger partial charge in [-0.05, 0) is 32.7 Å². The Morgan fingerprint density at radius 3 is 2.87 bits per heavy atom.